The summed E-state index contributed by atoms with van der Waals surface area (Å²) in [5.74, 6) is -2.22. The summed E-state index contributed by atoms with van der Waals surface area (Å²) in [5, 5.41) is 0. The van der Waals surface area contributed by atoms with Crippen LogP contribution in [0.5, 0.6) is 23.0 Å². The Morgan fingerprint density at radius 2 is 1.55 bits per heavy atom. The summed E-state index contributed by atoms with van der Waals surface area (Å²) in [7, 11) is 0. The normalized spacial score (nSPS) is 19.4. The van der Waals surface area contributed by atoms with E-state index in [9.17, 15) is 13.2 Å². The average molecular weight is 463 g/mol. The maximum atomic E-state index is 14.9. The van der Waals surface area contributed by atoms with Crippen molar-refractivity contribution in [2.24, 2.45) is 11.8 Å². The van der Waals surface area contributed by atoms with Gasteiger partial charge in [-0.05, 0) is 43.2 Å². The molecule has 3 nitrogen and oxygen atoms in total. The molecule has 4 rings (SSSR count). The molecule has 0 N–H and O–H groups in total. The van der Waals surface area contributed by atoms with Gasteiger partial charge in [0.2, 0.25) is 17.5 Å². The molecule has 0 radical (unpaired) electrons. The van der Waals surface area contributed by atoms with Gasteiger partial charge in [-0.3, -0.25) is 0 Å². The maximum absolute atomic E-state index is 14.9. The number of ether oxygens (including phenoxy) is 3. The molecule has 2 aromatic carbocycles. The van der Waals surface area contributed by atoms with Crippen LogP contribution in [0.1, 0.15) is 76.3 Å². The molecule has 0 aromatic heterocycles. The molecule has 0 saturated heterocycles. The number of halogens is 3. The van der Waals surface area contributed by atoms with Crippen molar-refractivity contribution >= 4 is 0 Å². The molecular weight excluding hydrogens is 429 g/mol. The Labute approximate surface area is 194 Å². The summed E-state index contributed by atoms with van der Waals surface area (Å²) in [5.41, 5.74) is 1.01. The third-order valence-corrected chi connectivity index (χ3v) is 6.83. The van der Waals surface area contributed by atoms with Crippen LogP contribution >= 0.6 is 0 Å². The van der Waals surface area contributed by atoms with Crippen molar-refractivity contribution < 1.29 is 27.4 Å². The number of benzene rings is 2. The maximum Gasteiger partial charge on any atom is 0.207 e. The van der Waals surface area contributed by atoms with Gasteiger partial charge in [-0.25, -0.2) is 0 Å². The van der Waals surface area contributed by atoms with Crippen molar-refractivity contribution in [1.82, 2.24) is 0 Å². The molecule has 6 heteroatoms. The topological polar surface area (TPSA) is 27.7 Å². The number of hydrogen-bond donors (Lipinski definition) is 0. The Bertz CT molecular complexity index is 968. The van der Waals surface area contributed by atoms with E-state index in [1.165, 1.54) is 31.7 Å². The lowest BCUT2D eigenvalue weighted by molar-refractivity contribution is 0.173. The molecule has 2 aromatic rings. The van der Waals surface area contributed by atoms with E-state index in [1.807, 2.05) is 6.92 Å². The fraction of sp³-hybridized carbons (Fsp3) is 0.556. The van der Waals surface area contributed by atoms with Crippen LogP contribution in [0.2, 0.25) is 0 Å². The molecule has 0 amide bonds. The molecule has 1 fully saturated rings. The van der Waals surface area contributed by atoms with Crippen molar-refractivity contribution in [3.8, 4) is 23.0 Å². The van der Waals surface area contributed by atoms with Gasteiger partial charge in [0.15, 0.2) is 23.0 Å². The standard InChI is InChI=1S/C27H33F3O3/c1-3-5-13-31-21-12-11-19-14-20-15-22(23(28)25(30)27(20)33-26(19)24(21)29)32-16-18-9-7-17(6-4-2)8-10-18/h11-12,15,17-18H,3-10,13-14,16H2,1-2H3. The summed E-state index contributed by atoms with van der Waals surface area (Å²) >= 11 is 0. The van der Waals surface area contributed by atoms with Crippen LogP contribution in [-0.2, 0) is 6.42 Å². The van der Waals surface area contributed by atoms with Crippen LogP contribution in [0.25, 0.3) is 0 Å². The Morgan fingerprint density at radius 3 is 2.27 bits per heavy atom. The Morgan fingerprint density at radius 1 is 0.818 bits per heavy atom. The van der Waals surface area contributed by atoms with Gasteiger partial charge in [0, 0.05) is 17.5 Å². The lowest BCUT2D eigenvalue weighted by Crippen LogP contribution is -2.20. The third-order valence-electron chi connectivity index (χ3n) is 6.83. The van der Waals surface area contributed by atoms with E-state index in [0.29, 0.717) is 30.3 Å². The van der Waals surface area contributed by atoms with Crippen molar-refractivity contribution in [3.63, 3.8) is 0 Å². The molecule has 1 saturated carbocycles. The van der Waals surface area contributed by atoms with E-state index in [0.717, 1.165) is 31.6 Å². The molecule has 1 heterocycles. The molecule has 1 aliphatic heterocycles. The highest BCUT2D eigenvalue weighted by Crippen LogP contribution is 2.45. The minimum Gasteiger partial charge on any atom is -0.490 e. The Hall–Kier alpha value is -2.37. The highest BCUT2D eigenvalue weighted by molar-refractivity contribution is 5.55. The summed E-state index contributed by atoms with van der Waals surface area (Å²) in [4.78, 5) is 0. The first-order chi connectivity index (χ1) is 16.0. The van der Waals surface area contributed by atoms with Crippen molar-refractivity contribution in [2.75, 3.05) is 13.2 Å². The third kappa shape index (κ3) is 5.25. The lowest BCUT2D eigenvalue weighted by atomic mass is 9.80. The van der Waals surface area contributed by atoms with Gasteiger partial charge in [-0.2, -0.15) is 13.2 Å². The highest BCUT2D eigenvalue weighted by Gasteiger charge is 2.30. The van der Waals surface area contributed by atoms with Gasteiger partial charge in [-0.1, -0.05) is 52.0 Å². The van der Waals surface area contributed by atoms with E-state index in [2.05, 4.69) is 6.92 Å². The van der Waals surface area contributed by atoms with E-state index in [-0.39, 0.29) is 29.4 Å². The second-order valence-corrected chi connectivity index (χ2v) is 9.32. The molecule has 0 bridgehead atoms. The van der Waals surface area contributed by atoms with E-state index < -0.39 is 17.5 Å². The summed E-state index contributed by atoms with van der Waals surface area (Å²) in [6.07, 6.45) is 8.85. The largest absolute Gasteiger partial charge is 0.490 e. The molecule has 180 valence electrons. The molecule has 33 heavy (non-hydrogen) atoms. The number of fused-ring (bicyclic) bond motifs is 2. The first kappa shape index (κ1) is 23.8. The zero-order valence-corrected chi connectivity index (χ0v) is 19.5. The van der Waals surface area contributed by atoms with E-state index >= 15 is 0 Å². The zero-order chi connectivity index (χ0) is 23.4. The summed E-state index contributed by atoms with van der Waals surface area (Å²) in [6.45, 7) is 4.98. The summed E-state index contributed by atoms with van der Waals surface area (Å²) in [6, 6.07) is 4.76. The molecular formula is C27H33F3O3. The minimum absolute atomic E-state index is 0.0557. The quantitative estimate of drug-likeness (QED) is 0.302. The Kier molecular flexibility index (Phi) is 7.71. The fourth-order valence-electron chi connectivity index (χ4n) is 4.86. The van der Waals surface area contributed by atoms with Gasteiger partial charge in [0.05, 0.1) is 13.2 Å². The van der Waals surface area contributed by atoms with Gasteiger partial charge in [0.25, 0.3) is 0 Å². The van der Waals surface area contributed by atoms with Crippen molar-refractivity contribution in [2.45, 2.75) is 71.6 Å². The second-order valence-electron chi connectivity index (χ2n) is 9.32. The molecule has 1 aliphatic carbocycles. The zero-order valence-electron chi connectivity index (χ0n) is 19.5. The van der Waals surface area contributed by atoms with Crippen LogP contribution in [0.3, 0.4) is 0 Å². The van der Waals surface area contributed by atoms with Crippen LogP contribution in [0, 0.1) is 29.3 Å². The summed E-state index contributed by atoms with van der Waals surface area (Å²) < 4.78 is 61.3. The molecule has 0 unspecified atom stereocenters. The monoisotopic (exact) mass is 462 g/mol. The smallest absolute Gasteiger partial charge is 0.207 e. The lowest BCUT2D eigenvalue weighted by Gasteiger charge is -2.28. The minimum atomic E-state index is -1.14. The molecule has 2 aliphatic rings. The van der Waals surface area contributed by atoms with Crippen molar-refractivity contribution in [1.29, 1.82) is 0 Å². The number of unbranched alkanes of at least 4 members (excludes halogenated alkanes) is 1. The Balaban J connectivity index is 1.46. The van der Waals surface area contributed by atoms with Gasteiger partial charge in [-0.15, -0.1) is 0 Å². The predicted molar refractivity (Wildman–Crippen MR) is 122 cm³/mol. The van der Waals surface area contributed by atoms with E-state index in [1.54, 1.807) is 12.1 Å². The highest BCUT2D eigenvalue weighted by atomic mass is 19.2. The molecule has 0 spiro atoms. The molecule has 0 atom stereocenters. The van der Waals surface area contributed by atoms with Crippen molar-refractivity contribution in [3.05, 3.63) is 46.8 Å². The fourth-order valence-corrected chi connectivity index (χ4v) is 4.86. The van der Waals surface area contributed by atoms with Crippen LogP contribution in [-0.4, -0.2) is 13.2 Å². The van der Waals surface area contributed by atoms with Crippen LogP contribution < -0.4 is 14.2 Å². The second kappa shape index (κ2) is 10.7. The average Bonchev–Trinajstić information content (AvgIpc) is 2.82. The van der Waals surface area contributed by atoms with Crippen LogP contribution in [0.15, 0.2) is 18.2 Å². The predicted octanol–water partition coefficient (Wildman–Crippen LogP) is 7.96. The van der Waals surface area contributed by atoms with E-state index in [4.69, 9.17) is 14.2 Å². The van der Waals surface area contributed by atoms with Crippen LogP contribution in [0.4, 0.5) is 13.2 Å². The van der Waals surface area contributed by atoms with Gasteiger partial charge >= 0.3 is 0 Å². The number of rotatable bonds is 9. The number of hydrogen-bond acceptors (Lipinski definition) is 3. The first-order valence-electron chi connectivity index (χ1n) is 12.3. The van der Waals surface area contributed by atoms with Gasteiger partial charge in [0.1, 0.15) is 0 Å². The first-order valence-corrected chi connectivity index (χ1v) is 12.3. The SMILES string of the molecule is CCCCOc1ccc2c(c1F)Oc1c(cc(OCC3CCC(CCC)CC3)c(F)c1F)C2. The van der Waals surface area contributed by atoms with Gasteiger partial charge < -0.3 is 14.2 Å².